The molecule has 0 aliphatic rings. The van der Waals surface area contributed by atoms with E-state index in [-0.39, 0.29) is 5.75 Å². The molecule has 124 valence electrons. The number of aliphatic imine (C=N–C) groups is 1. The summed E-state index contributed by atoms with van der Waals surface area (Å²) >= 11 is 0. The van der Waals surface area contributed by atoms with Gasteiger partial charge in [-0.25, -0.2) is 4.99 Å². The van der Waals surface area contributed by atoms with Gasteiger partial charge in [0.25, 0.3) is 0 Å². The molecule has 1 aromatic carbocycles. The normalized spacial score (nSPS) is 11.3. The van der Waals surface area contributed by atoms with Crippen molar-refractivity contribution in [3.63, 3.8) is 0 Å². The second kappa shape index (κ2) is 8.73. The molecule has 0 amide bonds. The maximum absolute atomic E-state index is 9.80. The number of ether oxygens (including phenoxy) is 1. The number of guanidine groups is 1. The van der Waals surface area contributed by atoms with Crippen LogP contribution >= 0.6 is 0 Å². The minimum atomic E-state index is 0.130. The summed E-state index contributed by atoms with van der Waals surface area (Å²) in [7, 11) is 1.53. The lowest BCUT2D eigenvalue weighted by molar-refractivity contribution is 0.373. The van der Waals surface area contributed by atoms with Crippen LogP contribution in [-0.2, 0) is 13.1 Å². The van der Waals surface area contributed by atoms with Crippen LogP contribution in [0.2, 0.25) is 0 Å². The van der Waals surface area contributed by atoms with Crippen molar-refractivity contribution in [2.75, 3.05) is 20.2 Å². The Balaban J connectivity index is 1.90. The molecule has 0 aliphatic carbocycles. The van der Waals surface area contributed by atoms with Crippen LogP contribution in [0.25, 0.3) is 0 Å². The van der Waals surface area contributed by atoms with E-state index in [1.807, 2.05) is 37.5 Å². The van der Waals surface area contributed by atoms with Gasteiger partial charge in [-0.15, -0.1) is 0 Å². The molecule has 0 radical (unpaired) electrons. The Kier molecular flexibility index (Phi) is 6.35. The molecule has 0 saturated heterocycles. The summed E-state index contributed by atoms with van der Waals surface area (Å²) in [5.74, 6) is 1.36. The Morgan fingerprint density at radius 1 is 1.26 bits per heavy atom. The summed E-state index contributed by atoms with van der Waals surface area (Å²) < 4.78 is 7.15. The maximum atomic E-state index is 9.80. The molecule has 1 heterocycles. The molecule has 2 rings (SSSR count). The van der Waals surface area contributed by atoms with Crippen molar-refractivity contribution in [1.29, 1.82) is 0 Å². The van der Waals surface area contributed by atoms with Gasteiger partial charge in [0.2, 0.25) is 0 Å². The Bertz CT molecular complexity index is 624. The molecule has 0 atom stereocenters. The van der Waals surface area contributed by atoms with Crippen LogP contribution in [0.15, 0.2) is 47.7 Å². The van der Waals surface area contributed by atoms with Gasteiger partial charge in [0.1, 0.15) is 0 Å². The first-order valence-corrected chi connectivity index (χ1v) is 7.71. The molecule has 3 N–H and O–H groups in total. The van der Waals surface area contributed by atoms with Gasteiger partial charge in [0, 0.05) is 32.0 Å². The second-order valence-electron chi connectivity index (χ2n) is 5.05. The number of phenolic OH excluding ortho intramolecular Hbond substituents is 1. The van der Waals surface area contributed by atoms with Gasteiger partial charge in [-0.3, -0.25) is 0 Å². The first kappa shape index (κ1) is 16.7. The average molecular weight is 316 g/mol. The minimum absolute atomic E-state index is 0.130. The molecule has 0 bridgehead atoms. The topological polar surface area (TPSA) is 70.8 Å². The van der Waals surface area contributed by atoms with Crippen LogP contribution in [0, 0.1) is 0 Å². The Morgan fingerprint density at radius 3 is 2.70 bits per heavy atom. The number of aromatic hydroxyl groups is 1. The molecule has 6 nitrogen and oxygen atoms in total. The van der Waals surface area contributed by atoms with Crippen molar-refractivity contribution in [3.8, 4) is 11.5 Å². The number of rotatable bonds is 7. The highest BCUT2D eigenvalue weighted by Crippen LogP contribution is 2.26. The predicted octanol–water partition coefficient (Wildman–Crippen LogP) is 1.96. The van der Waals surface area contributed by atoms with Crippen LogP contribution in [-0.4, -0.2) is 35.8 Å². The highest BCUT2D eigenvalue weighted by Gasteiger charge is 2.03. The number of aromatic nitrogens is 1. The zero-order valence-corrected chi connectivity index (χ0v) is 13.6. The van der Waals surface area contributed by atoms with E-state index in [2.05, 4.69) is 20.2 Å². The monoisotopic (exact) mass is 316 g/mol. The summed E-state index contributed by atoms with van der Waals surface area (Å²) in [6.07, 6.45) is 4.07. The zero-order chi connectivity index (χ0) is 16.5. The highest BCUT2D eigenvalue weighted by molar-refractivity contribution is 5.79. The van der Waals surface area contributed by atoms with Gasteiger partial charge in [-0.2, -0.15) is 0 Å². The molecular weight excluding hydrogens is 292 g/mol. The van der Waals surface area contributed by atoms with Gasteiger partial charge in [0.05, 0.1) is 13.7 Å². The molecule has 0 saturated carbocycles. The molecule has 2 aromatic rings. The summed E-state index contributed by atoms with van der Waals surface area (Å²) in [5, 5.41) is 16.3. The number of benzene rings is 1. The summed E-state index contributed by atoms with van der Waals surface area (Å²) in [5.41, 5.74) is 0.922. The fourth-order valence-corrected chi connectivity index (χ4v) is 2.17. The number of hydrogen-bond donors (Lipinski definition) is 3. The number of hydrogen-bond acceptors (Lipinski definition) is 3. The van der Waals surface area contributed by atoms with E-state index < -0.39 is 0 Å². The van der Waals surface area contributed by atoms with Crippen LogP contribution in [0.1, 0.15) is 12.5 Å². The lowest BCUT2D eigenvalue weighted by Gasteiger charge is -2.12. The van der Waals surface area contributed by atoms with Crippen LogP contribution < -0.4 is 15.4 Å². The first-order valence-electron chi connectivity index (χ1n) is 7.71. The Labute approximate surface area is 136 Å². The molecule has 0 fully saturated rings. The largest absolute Gasteiger partial charge is 0.504 e. The van der Waals surface area contributed by atoms with Gasteiger partial charge >= 0.3 is 0 Å². The SMILES string of the molecule is CCNC(=NCc1ccc(OC)c(O)c1)NCCn1cccc1. The summed E-state index contributed by atoms with van der Waals surface area (Å²) in [6, 6.07) is 9.33. The van der Waals surface area contributed by atoms with Gasteiger partial charge < -0.3 is 25.0 Å². The zero-order valence-electron chi connectivity index (χ0n) is 13.6. The molecule has 0 unspecified atom stereocenters. The van der Waals surface area contributed by atoms with Crippen molar-refractivity contribution >= 4 is 5.96 Å². The lowest BCUT2D eigenvalue weighted by Crippen LogP contribution is -2.38. The number of nitrogens with one attached hydrogen (secondary N) is 2. The number of phenols is 1. The minimum Gasteiger partial charge on any atom is -0.504 e. The number of methoxy groups -OCH3 is 1. The lowest BCUT2D eigenvalue weighted by atomic mass is 10.2. The standard InChI is InChI=1S/C17H24N4O2/c1-3-18-17(19-8-11-21-9-4-5-10-21)20-13-14-6-7-16(23-2)15(22)12-14/h4-7,9-10,12,22H,3,8,11,13H2,1-2H3,(H2,18,19,20). The summed E-state index contributed by atoms with van der Waals surface area (Å²) in [4.78, 5) is 4.53. The Morgan fingerprint density at radius 2 is 2.04 bits per heavy atom. The molecule has 1 aromatic heterocycles. The molecule has 23 heavy (non-hydrogen) atoms. The van der Waals surface area contributed by atoms with Crippen molar-refractivity contribution in [2.24, 2.45) is 4.99 Å². The van der Waals surface area contributed by atoms with Crippen LogP contribution in [0.3, 0.4) is 0 Å². The van der Waals surface area contributed by atoms with Crippen LogP contribution in [0.5, 0.6) is 11.5 Å². The van der Waals surface area contributed by atoms with Crippen molar-refractivity contribution in [1.82, 2.24) is 15.2 Å². The van der Waals surface area contributed by atoms with Gasteiger partial charge in [-0.1, -0.05) is 6.07 Å². The average Bonchev–Trinajstić information content (AvgIpc) is 3.06. The van der Waals surface area contributed by atoms with Crippen LogP contribution in [0.4, 0.5) is 0 Å². The van der Waals surface area contributed by atoms with E-state index >= 15 is 0 Å². The van der Waals surface area contributed by atoms with Gasteiger partial charge in [0.15, 0.2) is 17.5 Å². The fraction of sp³-hybridized carbons (Fsp3) is 0.353. The fourth-order valence-electron chi connectivity index (χ4n) is 2.17. The van der Waals surface area contributed by atoms with E-state index in [4.69, 9.17) is 4.74 Å². The third kappa shape index (κ3) is 5.25. The van der Waals surface area contributed by atoms with Crippen molar-refractivity contribution < 1.29 is 9.84 Å². The molecule has 6 heteroatoms. The second-order valence-corrected chi connectivity index (χ2v) is 5.05. The maximum Gasteiger partial charge on any atom is 0.191 e. The van der Waals surface area contributed by atoms with E-state index in [1.165, 1.54) is 7.11 Å². The quantitative estimate of drug-likeness (QED) is 0.539. The van der Waals surface area contributed by atoms with E-state index in [9.17, 15) is 5.11 Å². The smallest absolute Gasteiger partial charge is 0.191 e. The first-order chi connectivity index (χ1) is 11.2. The highest BCUT2D eigenvalue weighted by atomic mass is 16.5. The molecular formula is C17H24N4O2. The van der Waals surface area contributed by atoms with Crippen molar-refractivity contribution in [3.05, 3.63) is 48.3 Å². The Hall–Kier alpha value is -2.63. The number of nitrogens with zero attached hydrogens (tertiary/aromatic N) is 2. The molecule has 0 aliphatic heterocycles. The third-order valence-electron chi connectivity index (χ3n) is 3.34. The molecule has 0 spiro atoms. The van der Waals surface area contributed by atoms with Crippen molar-refractivity contribution in [2.45, 2.75) is 20.0 Å². The van der Waals surface area contributed by atoms with E-state index in [0.29, 0.717) is 12.3 Å². The summed E-state index contributed by atoms with van der Waals surface area (Å²) in [6.45, 7) is 4.97. The van der Waals surface area contributed by atoms with E-state index in [1.54, 1.807) is 12.1 Å². The third-order valence-corrected chi connectivity index (χ3v) is 3.34. The predicted molar refractivity (Wildman–Crippen MR) is 91.9 cm³/mol. The van der Waals surface area contributed by atoms with Gasteiger partial charge in [-0.05, 0) is 36.8 Å². The van der Waals surface area contributed by atoms with E-state index in [0.717, 1.165) is 31.2 Å².